The lowest BCUT2D eigenvalue weighted by Gasteiger charge is -2.26. The number of allylic oxidation sites excluding steroid dienone is 2. The third-order valence-electron chi connectivity index (χ3n) is 1.65. The van der Waals surface area contributed by atoms with Crippen molar-refractivity contribution in [1.29, 1.82) is 0 Å². The Labute approximate surface area is 77.2 Å². The standard InChI is InChI=1S/C11H23N/c1-10(2,3)8-9(12-7)11(4,5)6/h8,12H,1-7H3/b9-8+. The Morgan fingerprint density at radius 1 is 1.00 bits per heavy atom. The van der Waals surface area contributed by atoms with Crippen molar-refractivity contribution in [3.8, 4) is 0 Å². The molecule has 0 saturated heterocycles. The molecule has 0 bridgehead atoms. The second-order valence-corrected chi connectivity index (χ2v) is 5.42. The van der Waals surface area contributed by atoms with Crippen LogP contribution in [0.2, 0.25) is 0 Å². The molecule has 72 valence electrons. The van der Waals surface area contributed by atoms with Crippen molar-refractivity contribution in [2.45, 2.75) is 41.5 Å². The van der Waals surface area contributed by atoms with E-state index >= 15 is 0 Å². The first-order chi connectivity index (χ1) is 5.17. The zero-order valence-electron chi connectivity index (χ0n) is 9.58. The van der Waals surface area contributed by atoms with Gasteiger partial charge in [-0.2, -0.15) is 0 Å². The van der Waals surface area contributed by atoms with Crippen molar-refractivity contribution < 1.29 is 0 Å². The average molecular weight is 169 g/mol. The van der Waals surface area contributed by atoms with Crippen molar-refractivity contribution >= 4 is 0 Å². The molecule has 1 N–H and O–H groups in total. The minimum atomic E-state index is 0.224. The second-order valence-electron chi connectivity index (χ2n) is 5.42. The third kappa shape index (κ3) is 4.42. The van der Waals surface area contributed by atoms with Gasteiger partial charge in [-0.15, -0.1) is 0 Å². The average Bonchev–Trinajstić information content (AvgIpc) is 1.78. The van der Waals surface area contributed by atoms with Crippen LogP contribution in [0.15, 0.2) is 11.8 Å². The van der Waals surface area contributed by atoms with Crippen molar-refractivity contribution in [2.75, 3.05) is 7.05 Å². The first-order valence-electron chi connectivity index (χ1n) is 4.58. The summed E-state index contributed by atoms with van der Waals surface area (Å²) < 4.78 is 0. The first-order valence-corrected chi connectivity index (χ1v) is 4.58. The summed E-state index contributed by atoms with van der Waals surface area (Å²) >= 11 is 0. The minimum Gasteiger partial charge on any atom is -0.391 e. The molecule has 0 atom stereocenters. The second kappa shape index (κ2) is 3.51. The molecule has 0 aliphatic rings. The largest absolute Gasteiger partial charge is 0.391 e. The van der Waals surface area contributed by atoms with Gasteiger partial charge < -0.3 is 5.32 Å². The van der Waals surface area contributed by atoms with Crippen LogP contribution in [0.4, 0.5) is 0 Å². The Bertz CT molecular complexity index is 164. The highest BCUT2D eigenvalue weighted by atomic mass is 14.8. The molecule has 0 aromatic carbocycles. The van der Waals surface area contributed by atoms with Gasteiger partial charge in [0.2, 0.25) is 0 Å². The molecule has 0 aromatic rings. The molecular formula is C11H23N. The molecular weight excluding hydrogens is 146 g/mol. The van der Waals surface area contributed by atoms with Crippen LogP contribution in [0.3, 0.4) is 0 Å². The molecule has 0 radical (unpaired) electrons. The van der Waals surface area contributed by atoms with Crippen molar-refractivity contribution in [3.05, 3.63) is 11.8 Å². The maximum Gasteiger partial charge on any atom is 0.0123 e. The maximum absolute atomic E-state index is 3.26. The van der Waals surface area contributed by atoms with Crippen LogP contribution in [-0.2, 0) is 0 Å². The van der Waals surface area contributed by atoms with Crippen LogP contribution in [0.25, 0.3) is 0 Å². The molecule has 12 heavy (non-hydrogen) atoms. The fourth-order valence-corrected chi connectivity index (χ4v) is 1.10. The topological polar surface area (TPSA) is 12.0 Å². The van der Waals surface area contributed by atoms with E-state index in [1.807, 2.05) is 7.05 Å². The number of hydrogen-bond acceptors (Lipinski definition) is 1. The maximum atomic E-state index is 3.26. The van der Waals surface area contributed by atoms with Crippen molar-refractivity contribution in [1.82, 2.24) is 5.32 Å². The van der Waals surface area contributed by atoms with E-state index in [0.717, 1.165) is 0 Å². The van der Waals surface area contributed by atoms with Crippen molar-refractivity contribution in [2.24, 2.45) is 10.8 Å². The van der Waals surface area contributed by atoms with Gasteiger partial charge >= 0.3 is 0 Å². The van der Waals surface area contributed by atoms with Gasteiger partial charge in [0.25, 0.3) is 0 Å². The van der Waals surface area contributed by atoms with Gasteiger partial charge in [0.05, 0.1) is 0 Å². The van der Waals surface area contributed by atoms with Gasteiger partial charge in [-0.3, -0.25) is 0 Å². The molecule has 0 heterocycles. The van der Waals surface area contributed by atoms with Gasteiger partial charge in [-0.05, 0) is 5.41 Å². The summed E-state index contributed by atoms with van der Waals surface area (Å²) in [6.45, 7) is 13.3. The normalized spacial score (nSPS) is 14.8. The molecule has 1 heteroatoms. The van der Waals surface area contributed by atoms with Gasteiger partial charge in [0.1, 0.15) is 0 Å². The van der Waals surface area contributed by atoms with Crippen LogP contribution in [0, 0.1) is 10.8 Å². The highest BCUT2D eigenvalue weighted by molar-refractivity contribution is 5.11. The van der Waals surface area contributed by atoms with Crippen LogP contribution >= 0.6 is 0 Å². The minimum absolute atomic E-state index is 0.224. The summed E-state index contributed by atoms with van der Waals surface area (Å²) in [5, 5.41) is 3.26. The molecule has 0 spiro atoms. The highest BCUT2D eigenvalue weighted by Gasteiger charge is 2.18. The smallest absolute Gasteiger partial charge is 0.0123 e. The molecule has 0 aromatic heterocycles. The predicted molar refractivity (Wildman–Crippen MR) is 56.1 cm³/mol. The van der Waals surface area contributed by atoms with Crippen LogP contribution in [0.1, 0.15) is 41.5 Å². The Hall–Kier alpha value is -0.460. The lowest BCUT2D eigenvalue weighted by Crippen LogP contribution is -2.23. The van der Waals surface area contributed by atoms with E-state index in [2.05, 4.69) is 52.9 Å². The summed E-state index contributed by atoms with van der Waals surface area (Å²) in [7, 11) is 1.99. The Morgan fingerprint density at radius 2 is 1.42 bits per heavy atom. The monoisotopic (exact) mass is 169 g/mol. The summed E-state index contributed by atoms with van der Waals surface area (Å²) in [6, 6.07) is 0. The van der Waals surface area contributed by atoms with Crippen molar-refractivity contribution in [3.63, 3.8) is 0 Å². The van der Waals surface area contributed by atoms with E-state index in [0.29, 0.717) is 0 Å². The van der Waals surface area contributed by atoms with E-state index in [1.165, 1.54) is 5.70 Å². The van der Waals surface area contributed by atoms with Crippen LogP contribution in [0.5, 0.6) is 0 Å². The zero-order chi connectivity index (χ0) is 9.99. The molecule has 0 saturated carbocycles. The quantitative estimate of drug-likeness (QED) is 0.635. The Balaban J connectivity index is 4.68. The van der Waals surface area contributed by atoms with Crippen LogP contribution in [-0.4, -0.2) is 7.05 Å². The number of nitrogens with one attached hydrogen (secondary N) is 1. The SMILES string of the molecule is CN/C(=C/C(C)(C)C)C(C)(C)C. The molecule has 0 unspecified atom stereocenters. The Morgan fingerprint density at radius 3 is 1.50 bits per heavy atom. The number of hydrogen-bond donors (Lipinski definition) is 1. The zero-order valence-corrected chi connectivity index (χ0v) is 9.58. The first kappa shape index (κ1) is 11.5. The van der Waals surface area contributed by atoms with E-state index in [-0.39, 0.29) is 10.8 Å². The van der Waals surface area contributed by atoms with Gasteiger partial charge in [0.15, 0.2) is 0 Å². The Kier molecular flexibility index (Phi) is 3.37. The fourth-order valence-electron chi connectivity index (χ4n) is 1.10. The summed E-state index contributed by atoms with van der Waals surface area (Å²) in [6.07, 6.45) is 2.30. The van der Waals surface area contributed by atoms with Gasteiger partial charge in [0, 0.05) is 18.2 Å². The van der Waals surface area contributed by atoms with Gasteiger partial charge in [-0.1, -0.05) is 47.6 Å². The van der Waals surface area contributed by atoms with E-state index in [1.54, 1.807) is 0 Å². The predicted octanol–water partition coefficient (Wildman–Crippen LogP) is 3.18. The lowest BCUT2D eigenvalue weighted by molar-refractivity contribution is 0.445. The summed E-state index contributed by atoms with van der Waals surface area (Å²) in [5.41, 5.74) is 1.79. The highest BCUT2D eigenvalue weighted by Crippen LogP contribution is 2.27. The molecule has 0 aliphatic carbocycles. The van der Waals surface area contributed by atoms with E-state index in [4.69, 9.17) is 0 Å². The summed E-state index contributed by atoms with van der Waals surface area (Å²) in [5.74, 6) is 0. The molecule has 0 fully saturated rings. The number of rotatable bonds is 1. The lowest BCUT2D eigenvalue weighted by atomic mass is 9.85. The van der Waals surface area contributed by atoms with E-state index in [9.17, 15) is 0 Å². The molecule has 1 nitrogen and oxygen atoms in total. The van der Waals surface area contributed by atoms with E-state index < -0.39 is 0 Å². The molecule has 0 rings (SSSR count). The third-order valence-corrected chi connectivity index (χ3v) is 1.65. The molecule has 0 amide bonds. The fraction of sp³-hybridized carbons (Fsp3) is 0.818. The molecule has 0 aliphatic heterocycles. The van der Waals surface area contributed by atoms with Crippen LogP contribution < -0.4 is 5.32 Å². The van der Waals surface area contributed by atoms with Gasteiger partial charge in [-0.25, -0.2) is 0 Å². The summed E-state index contributed by atoms with van der Waals surface area (Å²) in [4.78, 5) is 0.